The molecule has 0 spiro atoms. The minimum absolute atomic E-state index is 0.0675. The smallest absolute Gasteiger partial charge is 0.225 e. The summed E-state index contributed by atoms with van der Waals surface area (Å²) in [6.45, 7) is 3.97. The van der Waals surface area contributed by atoms with Gasteiger partial charge < -0.3 is 10.3 Å². The van der Waals surface area contributed by atoms with E-state index in [4.69, 9.17) is 0 Å². The summed E-state index contributed by atoms with van der Waals surface area (Å²) < 4.78 is 1.73. The summed E-state index contributed by atoms with van der Waals surface area (Å²) in [6.07, 6.45) is 6.18. The first-order valence-electron chi connectivity index (χ1n) is 7.12. The lowest BCUT2D eigenvalue weighted by molar-refractivity contribution is -0.116. The van der Waals surface area contributed by atoms with Gasteiger partial charge in [0.1, 0.15) is 17.8 Å². The Morgan fingerprint density at radius 3 is 2.91 bits per heavy atom. The van der Waals surface area contributed by atoms with Crippen molar-refractivity contribution in [2.45, 2.75) is 26.7 Å². The summed E-state index contributed by atoms with van der Waals surface area (Å²) in [5.41, 5.74) is 3.87. The summed E-state index contributed by atoms with van der Waals surface area (Å²) in [6, 6.07) is 0. The third kappa shape index (κ3) is 2.69. The molecule has 7 nitrogen and oxygen atoms in total. The third-order valence-corrected chi connectivity index (χ3v) is 3.75. The molecule has 2 N–H and O–H groups in total. The molecule has 0 aliphatic heterocycles. The van der Waals surface area contributed by atoms with Crippen molar-refractivity contribution in [3.8, 4) is 0 Å². The molecular weight excluding hydrogens is 280 g/mol. The van der Waals surface area contributed by atoms with Crippen molar-refractivity contribution in [1.82, 2.24) is 24.7 Å². The van der Waals surface area contributed by atoms with Crippen LogP contribution in [0.1, 0.15) is 23.2 Å². The van der Waals surface area contributed by atoms with E-state index >= 15 is 0 Å². The van der Waals surface area contributed by atoms with Crippen LogP contribution in [0.5, 0.6) is 0 Å². The highest BCUT2D eigenvalue weighted by atomic mass is 16.1. The maximum atomic E-state index is 12.1. The molecule has 0 fully saturated rings. The molecule has 7 heteroatoms. The van der Waals surface area contributed by atoms with Crippen LogP contribution in [0.3, 0.4) is 0 Å². The largest absolute Gasteiger partial charge is 0.343 e. The molecule has 0 radical (unpaired) electrons. The fourth-order valence-electron chi connectivity index (χ4n) is 2.44. The third-order valence-electron chi connectivity index (χ3n) is 3.75. The standard InChI is InChI=1S/C15H18N6O/c1-9-10(2)19-14-13(9)15(17-8-16-14)20-12(22)5-4-11-6-18-21(3)7-11/h6-8H,4-5H2,1-3H3,(H2,16,17,19,20,22). The number of aromatic nitrogens is 5. The van der Waals surface area contributed by atoms with Crippen LogP contribution in [0.25, 0.3) is 11.0 Å². The van der Waals surface area contributed by atoms with Crippen LogP contribution >= 0.6 is 0 Å². The molecule has 22 heavy (non-hydrogen) atoms. The Hall–Kier alpha value is -2.70. The number of fused-ring (bicyclic) bond motifs is 1. The molecular formula is C15H18N6O. The number of aromatic amines is 1. The molecule has 3 rings (SSSR count). The lowest BCUT2D eigenvalue weighted by atomic mass is 10.2. The van der Waals surface area contributed by atoms with Crippen LogP contribution in [0.4, 0.5) is 5.82 Å². The van der Waals surface area contributed by atoms with Crippen LogP contribution < -0.4 is 5.32 Å². The van der Waals surface area contributed by atoms with E-state index in [1.54, 1.807) is 10.9 Å². The molecule has 0 aliphatic carbocycles. The predicted molar refractivity (Wildman–Crippen MR) is 83.5 cm³/mol. The second kappa shape index (κ2) is 5.59. The zero-order chi connectivity index (χ0) is 15.7. The quantitative estimate of drug-likeness (QED) is 0.769. The second-order valence-corrected chi connectivity index (χ2v) is 5.39. The van der Waals surface area contributed by atoms with Crippen LogP contribution in [-0.4, -0.2) is 30.6 Å². The number of carbonyl (C=O) groups excluding carboxylic acids is 1. The van der Waals surface area contributed by atoms with Gasteiger partial charge in [-0.25, -0.2) is 9.97 Å². The molecule has 0 atom stereocenters. The van der Waals surface area contributed by atoms with Gasteiger partial charge in [-0.1, -0.05) is 0 Å². The fraction of sp³-hybridized carbons (Fsp3) is 0.333. The van der Waals surface area contributed by atoms with Crippen molar-refractivity contribution in [2.75, 3.05) is 5.32 Å². The SMILES string of the molecule is Cc1[nH]c2ncnc(NC(=O)CCc3cnn(C)c3)c2c1C. The van der Waals surface area contributed by atoms with E-state index in [0.29, 0.717) is 18.7 Å². The molecule has 3 aromatic rings. The van der Waals surface area contributed by atoms with Gasteiger partial charge in [0.25, 0.3) is 0 Å². The summed E-state index contributed by atoms with van der Waals surface area (Å²) in [5.74, 6) is 0.491. The van der Waals surface area contributed by atoms with Gasteiger partial charge in [-0.15, -0.1) is 0 Å². The summed E-state index contributed by atoms with van der Waals surface area (Å²) in [7, 11) is 1.86. The molecule has 1 amide bonds. The van der Waals surface area contributed by atoms with Crippen molar-refractivity contribution in [2.24, 2.45) is 7.05 Å². The maximum Gasteiger partial charge on any atom is 0.225 e. The number of hydrogen-bond acceptors (Lipinski definition) is 4. The minimum atomic E-state index is -0.0675. The minimum Gasteiger partial charge on any atom is -0.343 e. The van der Waals surface area contributed by atoms with Crippen LogP contribution in [-0.2, 0) is 18.3 Å². The van der Waals surface area contributed by atoms with Gasteiger partial charge >= 0.3 is 0 Å². The molecule has 114 valence electrons. The fourth-order valence-corrected chi connectivity index (χ4v) is 2.44. The van der Waals surface area contributed by atoms with Gasteiger partial charge in [-0.3, -0.25) is 9.48 Å². The summed E-state index contributed by atoms with van der Waals surface area (Å²) >= 11 is 0. The van der Waals surface area contributed by atoms with Crippen molar-refractivity contribution in [3.05, 3.63) is 35.5 Å². The highest BCUT2D eigenvalue weighted by molar-refractivity contribution is 6.00. The van der Waals surface area contributed by atoms with Gasteiger partial charge in [0.15, 0.2) is 0 Å². The molecule has 0 saturated heterocycles. The zero-order valence-electron chi connectivity index (χ0n) is 12.8. The predicted octanol–water partition coefficient (Wildman–Crippen LogP) is 1.88. The van der Waals surface area contributed by atoms with E-state index in [9.17, 15) is 4.79 Å². The van der Waals surface area contributed by atoms with Crippen molar-refractivity contribution in [1.29, 1.82) is 0 Å². The van der Waals surface area contributed by atoms with E-state index in [1.807, 2.05) is 27.1 Å². The molecule has 0 aliphatic rings. The van der Waals surface area contributed by atoms with Gasteiger partial charge in [-0.05, 0) is 31.4 Å². The Balaban J connectivity index is 1.74. The van der Waals surface area contributed by atoms with Crippen molar-refractivity contribution >= 4 is 22.8 Å². The number of nitrogens with zero attached hydrogens (tertiary/aromatic N) is 4. The maximum absolute atomic E-state index is 12.1. The van der Waals surface area contributed by atoms with Gasteiger partial charge in [0.05, 0.1) is 11.6 Å². The van der Waals surface area contributed by atoms with Crippen molar-refractivity contribution in [3.63, 3.8) is 0 Å². The topological polar surface area (TPSA) is 88.5 Å². The van der Waals surface area contributed by atoms with Crippen LogP contribution in [0, 0.1) is 13.8 Å². The Labute approximate surface area is 127 Å². The second-order valence-electron chi connectivity index (χ2n) is 5.39. The average molecular weight is 298 g/mol. The number of carbonyl (C=O) groups is 1. The zero-order valence-corrected chi connectivity index (χ0v) is 12.8. The number of amides is 1. The first-order valence-corrected chi connectivity index (χ1v) is 7.12. The number of rotatable bonds is 4. The summed E-state index contributed by atoms with van der Waals surface area (Å²) in [4.78, 5) is 23.7. The molecule has 0 unspecified atom stereocenters. The number of aryl methyl sites for hydroxylation is 4. The number of nitrogens with one attached hydrogen (secondary N) is 2. The highest BCUT2D eigenvalue weighted by Crippen LogP contribution is 2.25. The Bertz CT molecular complexity index is 832. The molecule has 0 saturated carbocycles. The average Bonchev–Trinajstić information content (AvgIpc) is 3.02. The monoisotopic (exact) mass is 298 g/mol. The molecule has 3 aromatic heterocycles. The first-order chi connectivity index (χ1) is 10.5. The lowest BCUT2D eigenvalue weighted by Crippen LogP contribution is -2.13. The van der Waals surface area contributed by atoms with Crippen LogP contribution in [0.15, 0.2) is 18.7 Å². The van der Waals surface area contributed by atoms with Crippen LogP contribution in [0.2, 0.25) is 0 Å². The first kappa shape index (κ1) is 14.2. The normalized spacial score (nSPS) is 11.0. The summed E-state index contributed by atoms with van der Waals surface area (Å²) in [5, 5.41) is 7.84. The number of anilines is 1. The van der Waals surface area contributed by atoms with Gasteiger partial charge in [0, 0.05) is 25.4 Å². The molecule has 0 bridgehead atoms. The van der Waals surface area contributed by atoms with Crippen molar-refractivity contribution < 1.29 is 4.79 Å². The van der Waals surface area contributed by atoms with E-state index in [2.05, 4.69) is 25.4 Å². The van der Waals surface area contributed by atoms with Gasteiger partial charge in [-0.2, -0.15) is 5.10 Å². The van der Waals surface area contributed by atoms with E-state index in [1.165, 1.54) is 6.33 Å². The van der Waals surface area contributed by atoms with E-state index in [-0.39, 0.29) is 5.91 Å². The Morgan fingerprint density at radius 1 is 1.36 bits per heavy atom. The van der Waals surface area contributed by atoms with Gasteiger partial charge in [0.2, 0.25) is 5.91 Å². The Kier molecular flexibility index (Phi) is 3.62. The van der Waals surface area contributed by atoms with E-state index in [0.717, 1.165) is 27.9 Å². The molecule has 3 heterocycles. The Morgan fingerprint density at radius 2 is 2.18 bits per heavy atom. The lowest BCUT2D eigenvalue weighted by Gasteiger charge is -2.05. The molecule has 0 aromatic carbocycles. The highest BCUT2D eigenvalue weighted by Gasteiger charge is 2.13. The van der Waals surface area contributed by atoms with E-state index < -0.39 is 0 Å². The number of H-pyrrole nitrogens is 1. The number of hydrogen-bond donors (Lipinski definition) is 2.